The molecule has 0 unspecified atom stereocenters. The number of carbonyl (C=O) groups is 1. The molecule has 3 nitrogen and oxygen atoms in total. The number of thiazole rings is 1. The van der Waals surface area contributed by atoms with Crippen LogP contribution in [-0.4, -0.2) is 10.9 Å². The monoisotopic (exact) mass is 458 g/mol. The molecule has 0 saturated heterocycles. The highest BCUT2D eigenvalue weighted by Gasteiger charge is 2.25. The van der Waals surface area contributed by atoms with E-state index in [0.29, 0.717) is 15.6 Å². The van der Waals surface area contributed by atoms with Crippen molar-refractivity contribution in [3.05, 3.63) is 68.5 Å². The summed E-state index contributed by atoms with van der Waals surface area (Å²) < 4.78 is 1.15. The zero-order valence-corrected chi connectivity index (χ0v) is 18.4. The standard InChI is InChI=1S/C22H16Cl2N2OS2/c23-13-9-12(10-14(24)11-13)20(27)26-22-19(15-5-1-3-7-17(15)28-22)21-25-16-6-2-4-8-18(16)29-21/h2,4,6,8-11H,1,3,5,7H2,(H,26,27). The van der Waals surface area contributed by atoms with Crippen LogP contribution in [0.1, 0.15) is 33.6 Å². The average molecular weight is 459 g/mol. The van der Waals surface area contributed by atoms with Gasteiger partial charge in [-0.1, -0.05) is 35.3 Å². The van der Waals surface area contributed by atoms with Crippen molar-refractivity contribution in [2.24, 2.45) is 0 Å². The Kier molecular flexibility index (Phi) is 5.08. The number of benzene rings is 2. The van der Waals surface area contributed by atoms with E-state index < -0.39 is 0 Å². The fourth-order valence-corrected chi connectivity index (χ4v) is 6.64. The lowest BCUT2D eigenvalue weighted by molar-refractivity contribution is 0.102. The minimum absolute atomic E-state index is 0.213. The van der Waals surface area contributed by atoms with E-state index in [0.717, 1.165) is 38.6 Å². The van der Waals surface area contributed by atoms with E-state index in [1.807, 2.05) is 18.2 Å². The highest BCUT2D eigenvalue weighted by molar-refractivity contribution is 7.23. The normalized spacial score (nSPS) is 13.4. The Hall–Kier alpha value is -1.92. The van der Waals surface area contributed by atoms with Crippen LogP contribution in [0.25, 0.3) is 20.8 Å². The van der Waals surface area contributed by atoms with Gasteiger partial charge in [-0.2, -0.15) is 0 Å². The van der Waals surface area contributed by atoms with Gasteiger partial charge in [-0.05, 0) is 61.6 Å². The van der Waals surface area contributed by atoms with Gasteiger partial charge >= 0.3 is 0 Å². The summed E-state index contributed by atoms with van der Waals surface area (Å²) in [6, 6.07) is 13.0. The Morgan fingerprint density at radius 1 is 1.00 bits per heavy atom. The summed E-state index contributed by atoms with van der Waals surface area (Å²) in [6.45, 7) is 0. The van der Waals surface area contributed by atoms with Crippen molar-refractivity contribution in [3.63, 3.8) is 0 Å². The number of halogens is 2. The minimum Gasteiger partial charge on any atom is -0.313 e. The minimum atomic E-state index is -0.213. The first kappa shape index (κ1) is 19.1. The maximum absolute atomic E-state index is 12.9. The van der Waals surface area contributed by atoms with E-state index in [4.69, 9.17) is 28.2 Å². The number of anilines is 1. The molecule has 2 aromatic heterocycles. The molecule has 0 atom stereocenters. The summed E-state index contributed by atoms with van der Waals surface area (Å²) in [7, 11) is 0. The Morgan fingerprint density at radius 2 is 1.76 bits per heavy atom. The quantitative estimate of drug-likeness (QED) is 0.345. The van der Waals surface area contributed by atoms with Gasteiger partial charge in [-0.3, -0.25) is 4.79 Å². The molecule has 146 valence electrons. The number of aromatic nitrogens is 1. The zero-order chi connectivity index (χ0) is 20.0. The summed E-state index contributed by atoms with van der Waals surface area (Å²) in [6.07, 6.45) is 4.43. The van der Waals surface area contributed by atoms with Crippen LogP contribution in [0.2, 0.25) is 10.0 Å². The Balaban J connectivity index is 1.59. The smallest absolute Gasteiger partial charge is 0.256 e. The Morgan fingerprint density at radius 3 is 2.55 bits per heavy atom. The first-order chi connectivity index (χ1) is 14.1. The molecule has 2 aromatic carbocycles. The van der Waals surface area contributed by atoms with E-state index in [1.54, 1.807) is 40.9 Å². The van der Waals surface area contributed by atoms with Crippen molar-refractivity contribution in [3.8, 4) is 10.6 Å². The van der Waals surface area contributed by atoms with E-state index in [-0.39, 0.29) is 5.91 Å². The number of nitrogens with zero attached hydrogens (tertiary/aromatic N) is 1. The number of nitrogens with one attached hydrogen (secondary N) is 1. The molecule has 0 fully saturated rings. The molecule has 0 radical (unpaired) electrons. The SMILES string of the molecule is O=C(Nc1sc2c(c1-c1nc3ccccc3s1)CCCC2)c1cc(Cl)cc(Cl)c1. The lowest BCUT2D eigenvalue weighted by Gasteiger charge is -2.12. The second kappa shape index (κ2) is 7.73. The molecule has 0 saturated carbocycles. The molecule has 1 aliphatic rings. The summed E-state index contributed by atoms with van der Waals surface area (Å²) in [5.74, 6) is -0.213. The number of thiophene rings is 1. The van der Waals surface area contributed by atoms with Crippen LogP contribution >= 0.6 is 45.9 Å². The van der Waals surface area contributed by atoms with Gasteiger partial charge in [0.15, 0.2) is 0 Å². The van der Waals surface area contributed by atoms with Gasteiger partial charge < -0.3 is 5.32 Å². The first-order valence-corrected chi connectivity index (χ1v) is 11.8. The second-order valence-corrected chi connectivity index (χ2v) is 10.0. The van der Waals surface area contributed by atoms with Gasteiger partial charge in [0.1, 0.15) is 10.0 Å². The van der Waals surface area contributed by atoms with Crippen LogP contribution in [0, 0.1) is 0 Å². The van der Waals surface area contributed by atoms with Crippen molar-refractivity contribution in [1.29, 1.82) is 0 Å². The number of hydrogen-bond donors (Lipinski definition) is 1. The highest BCUT2D eigenvalue weighted by atomic mass is 35.5. The Labute approximate surface area is 186 Å². The summed E-state index contributed by atoms with van der Waals surface area (Å²) >= 11 is 15.5. The third-order valence-corrected chi connectivity index (χ3v) is 7.73. The average Bonchev–Trinajstić information content (AvgIpc) is 3.27. The molecule has 0 bridgehead atoms. The number of aryl methyl sites for hydroxylation is 1. The second-order valence-electron chi connectivity index (χ2n) is 7.01. The van der Waals surface area contributed by atoms with E-state index in [2.05, 4.69) is 11.4 Å². The molecular weight excluding hydrogens is 443 g/mol. The molecular formula is C22H16Cl2N2OS2. The predicted molar refractivity (Wildman–Crippen MR) is 124 cm³/mol. The van der Waals surface area contributed by atoms with E-state index in [1.165, 1.54) is 23.3 Å². The molecule has 29 heavy (non-hydrogen) atoms. The van der Waals surface area contributed by atoms with Crippen molar-refractivity contribution in [2.75, 3.05) is 5.32 Å². The Bertz CT molecular complexity index is 1190. The lowest BCUT2D eigenvalue weighted by atomic mass is 9.95. The molecule has 2 heterocycles. The zero-order valence-electron chi connectivity index (χ0n) is 15.3. The van der Waals surface area contributed by atoms with Gasteiger partial charge in [0.2, 0.25) is 0 Å². The molecule has 0 spiro atoms. The molecule has 1 aliphatic carbocycles. The molecule has 4 aromatic rings. The van der Waals surface area contributed by atoms with Crippen molar-refractivity contribution in [2.45, 2.75) is 25.7 Å². The van der Waals surface area contributed by atoms with E-state index in [9.17, 15) is 4.79 Å². The van der Waals surface area contributed by atoms with Crippen molar-refractivity contribution in [1.82, 2.24) is 4.98 Å². The number of carbonyl (C=O) groups excluding carboxylic acids is 1. The van der Waals surface area contributed by atoms with E-state index >= 15 is 0 Å². The third kappa shape index (κ3) is 3.68. The number of hydrogen-bond acceptors (Lipinski definition) is 4. The fraction of sp³-hybridized carbons (Fsp3) is 0.182. The fourth-order valence-electron chi connectivity index (χ4n) is 3.72. The van der Waals surface area contributed by atoms with Gasteiger partial charge in [0, 0.05) is 26.0 Å². The number of fused-ring (bicyclic) bond motifs is 2. The summed E-state index contributed by atoms with van der Waals surface area (Å²) in [4.78, 5) is 19.2. The van der Waals surface area contributed by atoms with Crippen LogP contribution in [-0.2, 0) is 12.8 Å². The summed E-state index contributed by atoms with van der Waals surface area (Å²) in [5.41, 5.74) is 3.85. The van der Waals surface area contributed by atoms with Gasteiger partial charge in [-0.25, -0.2) is 4.98 Å². The third-order valence-electron chi connectivity index (χ3n) is 5.03. The topological polar surface area (TPSA) is 42.0 Å². The maximum Gasteiger partial charge on any atom is 0.256 e. The largest absolute Gasteiger partial charge is 0.313 e. The van der Waals surface area contributed by atoms with Crippen LogP contribution < -0.4 is 5.32 Å². The molecule has 1 amide bonds. The maximum atomic E-state index is 12.9. The van der Waals surface area contributed by atoms with Gasteiger partial charge in [0.25, 0.3) is 5.91 Å². The predicted octanol–water partition coefficient (Wildman–Crippen LogP) is 7.46. The first-order valence-electron chi connectivity index (χ1n) is 9.36. The van der Waals surface area contributed by atoms with Gasteiger partial charge in [-0.15, -0.1) is 22.7 Å². The molecule has 5 rings (SSSR count). The molecule has 1 N–H and O–H groups in total. The van der Waals surface area contributed by atoms with Crippen molar-refractivity contribution >= 4 is 67.0 Å². The van der Waals surface area contributed by atoms with Crippen molar-refractivity contribution < 1.29 is 4.79 Å². The number of rotatable bonds is 3. The highest BCUT2D eigenvalue weighted by Crippen LogP contribution is 2.46. The van der Waals surface area contributed by atoms with Crippen LogP contribution in [0.15, 0.2) is 42.5 Å². The van der Waals surface area contributed by atoms with Crippen LogP contribution in [0.3, 0.4) is 0 Å². The van der Waals surface area contributed by atoms with Gasteiger partial charge in [0.05, 0.1) is 10.2 Å². The summed E-state index contributed by atoms with van der Waals surface area (Å²) in [5, 5.41) is 5.82. The van der Waals surface area contributed by atoms with Crippen LogP contribution in [0.4, 0.5) is 5.00 Å². The number of para-hydroxylation sites is 1. The molecule has 7 heteroatoms. The molecule has 0 aliphatic heterocycles. The number of amides is 1. The lowest BCUT2D eigenvalue weighted by Crippen LogP contribution is -2.11. The van der Waals surface area contributed by atoms with Crippen LogP contribution in [0.5, 0.6) is 0 Å².